The van der Waals surface area contributed by atoms with Gasteiger partial charge < -0.3 is 5.73 Å². The van der Waals surface area contributed by atoms with Crippen LogP contribution < -0.4 is 5.73 Å². The number of benzene rings is 1. The van der Waals surface area contributed by atoms with Crippen LogP contribution in [0.5, 0.6) is 0 Å². The fourth-order valence-electron chi connectivity index (χ4n) is 2.15. The van der Waals surface area contributed by atoms with Gasteiger partial charge in [0.15, 0.2) is 0 Å². The quantitative estimate of drug-likeness (QED) is 0.780. The standard InChI is InChI=1S/C14H22N2O2S/c1-2-8-16(19(17,18)11-12-6-7-12)10-13-4-3-5-14(15)9-13/h3-5,9,12H,2,6-8,10-11,15H2,1H3. The van der Waals surface area contributed by atoms with Gasteiger partial charge in [-0.15, -0.1) is 0 Å². The second-order valence-electron chi connectivity index (χ2n) is 5.30. The van der Waals surface area contributed by atoms with Gasteiger partial charge in [-0.3, -0.25) is 0 Å². The average molecular weight is 282 g/mol. The number of hydrogen-bond donors (Lipinski definition) is 1. The molecule has 2 rings (SSSR count). The van der Waals surface area contributed by atoms with Crippen LogP contribution in [0.2, 0.25) is 0 Å². The van der Waals surface area contributed by atoms with Crippen LogP contribution in [0.1, 0.15) is 31.7 Å². The Morgan fingerprint density at radius 2 is 2.11 bits per heavy atom. The largest absolute Gasteiger partial charge is 0.399 e. The summed E-state index contributed by atoms with van der Waals surface area (Å²) in [4.78, 5) is 0. The summed E-state index contributed by atoms with van der Waals surface area (Å²) in [6.07, 6.45) is 2.93. The Bertz CT molecular complexity index is 524. The molecule has 0 aromatic heterocycles. The van der Waals surface area contributed by atoms with E-state index in [0.29, 0.717) is 30.4 Å². The minimum atomic E-state index is -3.14. The summed E-state index contributed by atoms with van der Waals surface area (Å²) in [7, 11) is -3.14. The molecule has 1 aliphatic carbocycles. The van der Waals surface area contributed by atoms with E-state index in [4.69, 9.17) is 5.73 Å². The number of nitrogens with two attached hydrogens (primary N) is 1. The molecule has 4 nitrogen and oxygen atoms in total. The lowest BCUT2D eigenvalue weighted by atomic mass is 10.2. The van der Waals surface area contributed by atoms with Crippen molar-refractivity contribution in [1.29, 1.82) is 0 Å². The minimum absolute atomic E-state index is 0.301. The number of nitrogens with zero attached hydrogens (tertiary/aromatic N) is 1. The van der Waals surface area contributed by atoms with E-state index in [2.05, 4.69) is 0 Å². The van der Waals surface area contributed by atoms with Gasteiger partial charge in [-0.05, 0) is 42.9 Å². The van der Waals surface area contributed by atoms with Gasteiger partial charge in [0, 0.05) is 18.8 Å². The van der Waals surface area contributed by atoms with Gasteiger partial charge in [0.25, 0.3) is 0 Å². The predicted octanol–water partition coefficient (Wildman–Crippen LogP) is 2.22. The third-order valence-electron chi connectivity index (χ3n) is 3.32. The zero-order valence-electron chi connectivity index (χ0n) is 11.4. The zero-order chi connectivity index (χ0) is 13.9. The fourth-order valence-corrected chi connectivity index (χ4v) is 4.10. The summed E-state index contributed by atoms with van der Waals surface area (Å²) in [5.74, 6) is 0.681. The number of hydrogen-bond acceptors (Lipinski definition) is 3. The highest BCUT2D eigenvalue weighted by Crippen LogP contribution is 2.31. The molecule has 5 heteroatoms. The molecule has 1 fully saturated rings. The summed E-state index contributed by atoms with van der Waals surface area (Å²) in [6.45, 7) is 3.00. The molecule has 2 N–H and O–H groups in total. The summed E-state index contributed by atoms with van der Waals surface area (Å²) >= 11 is 0. The van der Waals surface area contributed by atoms with Crippen LogP contribution in [-0.2, 0) is 16.6 Å². The molecule has 1 aromatic rings. The Morgan fingerprint density at radius 3 is 2.68 bits per heavy atom. The van der Waals surface area contributed by atoms with Crippen molar-refractivity contribution in [3.05, 3.63) is 29.8 Å². The van der Waals surface area contributed by atoms with Crippen LogP contribution in [0, 0.1) is 5.92 Å². The highest BCUT2D eigenvalue weighted by atomic mass is 32.2. The van der Waals surface area contributed by atoms with Crippen LogP contribution in [0.3, 0.4) is 0 Å². The van der Waals surface area contributed by atoms with Gasteiger partial charge in [0.05, 0.1) is 5.75 Å². The monoisotopic (exact) mass is 282 g/mol. The molecule has 106 valence electrons. The van der Waals surface area contributed by atoms with Crippen LogP contribution in [-0.4, -0.2) is 25.0 Å². The maximum absolute atomic E-state index is 12.4. The van der Waals surface area contributed by atoms with Crippen molar-refractivity contribution >= 4 is 15.7 Å². The normalized spacial score (nSPS) is 15.9. The van der Waals surface area contributed by atoms with E-state index in [1.54, 1.807) is 4.31 Å². The Balaban J connectivity index is 2.10. The van der Waals surface area contributed by atoms with Gasteiger partial charge in [-0.25, -0.2) is 8.42 Å². The van der Waals surface area contributed by atoms with Crippen molar-refractivity contribution in [2.24, 2.45) is 5.92 Å². The second-order valence-corrected chi connectivity index (χ2v) is 7.31. The Kier molecular flexibility index (Phi) is 4.47. The van der Waals surface area contributed by atoms with E-state index in [-0.39, 0.29) is 0 Å². The van der Waals surface area contributed by atoms with E-state index in [9.17, 15) is 8.42 Å². The number of anilines is 1. The Labute approximate surface area is 115 Å². The Hall–Kier alpha value is -1.07. The maximum Gasteiger partial charge on any atom is 0.214 e. The average Bonchev–Trinajstić information content (AvgIpc) is 3.12. The number of nitrogen functional groups attached to an aromatic ring is 1. The minimum Gasteiger partial charge on any atom is -0.399 e. The molecule has 0 saturated heterocycles. The van der Waals surface area contributed by atoms with Crippen LogP contribution in [0.15, 0.2) is 24.3 Å². The predicted molar refractivity (Wildman–Crippen MR) is 78.1 cm³/mol. The summed E-state index contributed by atoms with van der Waals surface area (Å²) in [5.41, 5.74) is 7.37. The molecule has 0 unspecified atom stereocenters. The topological polar surface area (TPSA) is 63.4 Å². The lowest BCUT2D eigenvalue weighted by Crippen LogP contribution is -2.33. The van der Waals surface area contributed by atoms with Crippen LogP contribution in [0.4, 0.5) is 5.69 Å². The van der Waals surface area contributed by atoms with E-state index in [1.807, 2.05) is 31.2 Å². The number of sulfonamides is 1. The maximum atomic E-state index is 12.4. The summed E-state index contributed by atoms with van der Waals surface area (Å²) < 4.78 is 26.3. The smallest absolute Gasteiger partial charge is 0.214 e. The molecule has 0 heterocycles. The van der Waals surface area contributed by atoms with E-state index in [0.717, 1.165) is 24.8 Å². The highest BCUT2D eigenvalue weighted by molar-refractivity contribution is 7.89. The Morgan fingerprint density at radius 1 is 1.37 bits per heavy atom. The van der Waals surface area contributed by atoms with Crippen molar-refractivity contribution in [2.45, 2.75) is 32.7 Å². The third kappa shape index (κ3) is 4.21. The van der Waals surface area contributed by atoms with Crippen LogP contribution in [0.25, 0.3) is 0 Å². The van der Waals surface area contributed by atoms with Crippen molar-refractivity contribution in [2.75, 3.05) is 18.0 Å². The van der Waals surface area contributed by atoms with Crippen molar-refractivity contribution < 1.29 is 8.42 Å². The molecule has 0 radical (unpaired) electrons. The molecule has 1 saturated carbocycles. The van der Waals surface area contributed by atoms with Gasteiger partial charge in [0.1, 0.15) is 0 Å². The lowest BCUT2D eigenvalue weighted by molar-refractivity contribution is 0.404. The molecular weight excluding hydrogens is 260 g/mol. The van der Waals surface area contributed by atoms with Crippen molar-refractivity contribution in [1.82, 2.24) is 4.31 Å². The van der Waals surface area contributed by atoms with Crippen LogP contribution >= 0.6 is 0 Å². The zero-order valence-corrected chi connectivity index (χ0v) is 12.2. The SMILES string of the molecule is CCCN(Cc1cccc(N)c1)S(=O)(=O)CC1CC1. The van der Waals surface area contributed by atoms with E-state index < -0.39 is 10.0 Å². The second kappa shape index (κ2) is 5.92. The van der Waals surface area contributed by atoms with Gasteiger partial charge >= 0.3 is 0 Å². The number of rotatable bonds is 7. The molecule has 0 bridgehead atoms. The highest BCUT2D eigenvalue weighted by Gasteiger charge is 2.31. The molecule has 0 spiro atoms. The first kappa shape index (κ1) is 14.3. The van der Waals surface area contributed by atoms with Crippen molar-refractivity contribution in [3.63, 3.8) is 0 Å². The van der Waals surface area contributed by atoms with Crippen molar-refractivity contribution in [3.8, 4) is 0 Å². The third-order valence-corrected chi connectivity index (χ3v) is 5.31. The fraction of sp³-hybridized carbons (Fsp3) is 0.571. The molecule has 0 atom stereocenters. The van der Waals surface area contributed by atoms with Gasteiger partial charge in [-0.1, -0.05) is 19.1 Å². The molecule has 19 heavy (non-hydrogen) atoms. The van der Waals surface area contributed by atoms with Gasteiger partial charge in [-0.2, -0.15) is 4.31 Å². The summed E-state index contributed by atoms with van der Waals surface area (Å²) in [6, 6.07) is 7.44. The van der Waals surface area contributed by atoms with E-state index >= 15 is 0 Å². The first-order chi connectivity index (χ1) is 9.01. The van der Waals surface area contributed by atoms with E-state index in [1.165, 1.54) is 0 Å². The van der Waals surface area contributed by atoms with Gasteiger partial charge in [0.2, 0.25) is 10.0 Å². The molecule has 0 aliphatic heterocycles. The molecule has 1 aliphatic rings. The summed E-state index contributed by atoms with van der Waals surface area (Å²) in [5, 5.41) is 0. The molecule has 1 aromatic carbocycles. The lowest BCUT2D eigenvalue weighted by Gasteiger charge is -2.21. The molecule has 0 amide bonds. The first-order valence-corrected chi connectivity index (χ1v) is 8.44. The first-order valence-electron chi connectivity index (χ1n) is 6.83. The molecular formula is C14H22N2O2S.